The second-order valence-corrected chi connectivity index (χ2v) is 3.06. The maximum Gasteiger partial charge on any atom is 0.349 e. The molecule has 0 saturated heterocycles. The molecule has 0 spiro atoms. The molecule has 4 nitrogen and oxygen atoms in total. The molecule has 0 aliphatic heterocycles. The maximum absolute atomic E-state index is 10.8. The highest BCUT2D eigenvalue weighted by molar-refractivity contribution is 5.93. The number of hydrogen-bond donors (Lipinski definition) is 2. The molecule has 0 atom stereocenters. The fraction of sp³-hybridized carbons (Fsp3) is 0. The molecule has 1 aromatic carbocycles. The van der Waals surface area contributed by atoms with Crippen molar-refractivity contribution in [1.82, 2.24) is 4.98 Å². The number of nitrogens with one attached hydrogen (secondary N) is 1. The SMILES string of the molecule is NOC(=O)C=Cc1c[nH]c2ccccc12. The van der Waals surface area contributed by atoms with Gasteiger partial charge in [0.25, 0.3) is 0 Å². The van der Waals surface area contributed by atoms with Crippen LogP contribution in [-0.4, -0.2) is 11.0 Å². The summed E-state index contributed by atoms with van der Waals surface area (Å²) in [6.07, 6.45) is 4.77. The van der Waals surface area contributed by atoms with Crippen LogP contribution in [0, 0.1) is 0 Å². The number of hydrogen-bond acceptors (Lipinski definition) is 3. The Morgan fingerprint density at radius 3 is 3.00 bits per heavy atom. The van der Waals surface area contributed by atoms with Crippen LogP contribution in [0.3, 0.4) is 0 Å². The van der Waals surface area contributed by atoms with Gasteiger partial charge in [-0.2, -0.15) is 5.90 Å². The van der Waals surface area contributed by atoms with Crippen LogP contribution in [-0.2, 0) is 9.63 Å². The van der Waals surface area contributed by atoms with Gasteiger partial charge in [-0.05, 0) is 12.1 Å². The van der Waals surface area contributed by atoms with Gasteiger partial charge < -0.3 is 9.82 Å². The molecule has 0 saturated carbocycles. The summed E-state index contributed by atoms with van der Waals surface area (Å²) in [7, 11) is 0. The molecule has 0 amide bonds. The molecule has 0 unspecified atom stereocenters. The van der Waals surface area contributed by atoms with E-state index in [1.165, 1.54) is 6.08 Å². The number of para-hydroxylation sites is 1. The van der Waals surface area contributed by atoms with Crippen molar-refractivity contribution >= 4 is 22.9 Å². The minimum atomic E-state index is -0.569. The molecular weight excluding hydrogens is 192 g/mol. The molecule has 0 aliphatic carbocycles. The third kappa shape index (κ3) is 1.89. The van der Waals surface area contributed by atoms with E-state index in [1.54, 1.807) is 6.08 Å². The molecule has 1 aromatic heterocycles. The fourth-order valence-electron chi connectivity index (χ4n) is 1.43. The van der Waals surface area contributed by atoms with Gasteiger partial charge in [-0.3, -0.25) is 0 Å². The van der Waals surface area contributed by atoms with Crippen LogP contribution < -0.4 is 5.90 Å². The molecule has 0 radical (unpaired) electrons. The Balaban J connectivity index is 2.36. The number of aromatic amines is 1. The van der Waals surface area contributed by atoms with Gasteiger partial charge in [-0.15, -0.1) is 0 Å². The summed E-state index contributed by atoms with van der Waals surface area (Å²) in [6, 6.07) is 7.82. The summed E-state index contributed by atoms with van der Waals surface area (Å²) >= 11 is 0. The minimum Gasteiger partial charge on any atom is -0.370 e. The number of carbonyl (C=O) groups excluding carboxylic acids is 1. The predicted molar refractivity (Wildman–Crippen MR) is 57.6 cm³/mol. The number of carbonyl (C=O) groups is 1. The number of benzene rings is 1. The predicted octanol–water partition coefficient (Wildman–Crippen LogP) is 1.60. The summed E-state index contributed by atoms with van der Waals surface area (Å²) in [6.45, 7) is 0. The van der Waals surface area contributed by atoms with Crippen molar-refractivity contribution in [3.05, 3.63) is 42.1 Å². The quantitative estimate of drug-likeness (QED) is 0.574. The Kier molecular flexibility index (Phi) is 2.51. The first kappa shape index (κ1) is 9.48. The van der Waals surface area contributed by atoms with Gasteiger partial charge in [0.05, 0.1) is 0 Å². The lowest BCUT2D eigenvalue weighted by Gasteiger charge is -1.90. The lowest BCUT2D eigenvalue weighted by atomic mass is 10.1. The van der Waals surface area contributed by atoms with Crippen molar-refractivity contribution in [2.75, 3.05) is 0 Å². The van der Waals surface area contributed by atoms with E-state index in [9.17, 15) is 4.79 Å². The summed E-state index contributed by atoms with van der Waals surface area (Å²) in [5, 5.41) is 1.05. The molecule has 3 N–H and O–H groups in total. The summed E-state index contributed by atoms with van der Waals surface area (Å²) in [5.74, 6) is 4.15. The first-order valence-corrected chi connectivity index (χ1v) is 4.46. The molecule has 0 bridgehead atoms. The van der Waals surface area contributed by atoms with E-state index in [4.69, 9.17) is 5.90 Å². The molecule has 76 valence electrons. The van der Waals surface area contributed by atoms with Gasteiger partial charge in [0.2, 0.25) is 0 Å². The highest BCUT2D eigenvalue weighted by Gasteiger charge is 1.99. The fourth-order valence-corrected chi connectivity index (χ4v) is 1.43. The normalized spacial score (nSPS) is 11.0. The van der Waals surface area contributed by atoms with E-state index < -0.39 is 5.97 Å². The van der Waals surface area contributed by atoms with Crippen LogP contribution >= 0.6 is 0 Å². The van der Waals surface area contributed by atoms with E-state index in [-0.39, 0.29) is 0 Å². The molecule has 0 fully saturated rings. The number of fused-ring (bicyclic) bond motifs is 1. The van der Waals surface area contributed by atoms with Gasteiger partial charge in [-0.25, -0.2) is 4.79 Å². The highest BCUT2D eigenvalue weighted by atomic mass is 16.7. The third-order valence-electron chi connectivity index (χ3n) is 2.14. The number of aromatic nitrogens is 1. The largest absolute Gasteiger partial charge is 0.370 e. The molecule has 1 heterocycles. The number of rotatable bonds is 2. The van der Waals surface area contributed by atoms with Crippen molar-refractivity contribution in [2.45, 2.75) is 0 Å². The lowest BCUT2D eigenvalue weighted by molar-refractivity contribution is -0.138. The van der Waals surface area contributed by atoms with Crippen LogP contribution in [0.25, 0.3) is 17.0 Å². The van der Waals surface area contributed by atoms with E-state index in [0.29, 0.717) is 0 Å². The van der Waals surface area contributed by atoms with Gasteiger partial charge >= 0.3 is 5.97 Å². The van der Waals surface area contributed by atoms with Crippen molar-refractivity contribution in [1.29, 1.82) is 0 Å². The molecule has 4 heteroatoms. The van der Waals surface area contributed by atoms with Gasteiger partial charge in [0, 0.05) is 28.7 Å². The van der Waals surface area contributed by atoms with Gasteiger partial charge in [0.1, 0.15) is 0 Å². The molecular formula is C11H10N2O2. The Bertz CT molecular complexity index is 514. The standard InChI is InChI=1S/C11H10N2O2/c12-15-11(14)6-5-8-7-13-10-4-2-1-3-9(8)10/h1-7,13H,12H2. The van der Waals surface area contributed by atoms with Gasteiger partial charge in [-0.1, -0.05) is 18.2 Å². The number of H-pyrrole nitrogens is 1. The smallest absolute Gasteiger partial charge is 0.349 e. The Morgan fingerprint density at radius 1 is 1.40 bits per heavy atom. The molecule has 2 aromatic rings. The number of nitrogens with two attached hydrogens (primary N) is 1. The van der Waals surface area contributed by atoms with Crippen LogP contribution in [0.5, 0.6) is 0 Å². The average Bonchev–Trinajstić information content (AvgIpc) is 2.69. The molecule has 2 rings (SSSR count). The maximum atomic E-state index is 10.8. The lowest BCUT2D eigenvalue weighted by Crippen LogP contribution is -2.05. The van der Waals surface area contributed by atoms with Crippen molar-refractivity contribution in [3.63, 3.8) is 0 Å². The molecule has 15 heavy (non-hydrogen) atoms. The first-order valence-electron chi connectivity index (χ1n) is 4.46. The average molecular weight is 202 g/mol. The summed E-state index contributed by atoms with van der Waals surface area (Å²) in [5.41, 5.74) is 1.95. The topological polar surface area (TPSA) is 68.1 Å². The monoisotopic (exact) mass is 202 g/mol. The minimum absolute atomic E-state index is 0.569. The van der Waals surface area contributed by atoms with Crippen LogP contribution in [0.15, 0.2) is 36.5 Å². The zero-order valence-electron chi connectivity index (χ0n) is 7.94. The Labute approximate surface area is 86.3 Å². The van der Waals surface area contributed by atoms with Crippen molar-refractivity contribution < 1.29 is 9.63 Å². The van der Waals surface area contributed by atoms with E-state index >= 15 is 0 Å². The zero-order valence-corrected chi connectivity index (χ0v) is 7.94. The summed E-state index contributed by atoms with van der Waals surface area (Å²) in [4.78, 5) is 17.9. The second kappa shape index (κ2) is 3.98. The Morgan fingerprint density at radius 2 is 2.20 bits per heavy atom. The highest BCUT2D eigenvalue weighted by Crippen LogP contribution is 2.18. The van der Waals surface area contributed by atoms with Crippen LogP contribution in [0.4, 0.5) is 0 Å². The van der Waals surface area contributed by atoms with Crippen molar-refractivity contribution in [3.8, 4) is 0 Å². The van der Waals surface area contributed by atoms with Gasteiger partial charge in [0.15, 0.2) is 0 Å². The van der Waals surface area contributed by atoms with E-state index in [2.05, 4.69) is 9.82 Å². The first-order chi connectivity index (χ1) is 7.31. The Hall–Kier alpha value is -2.07. The van der Waals surface area contributed by atoms with Crippen LogP contribution in [0.1, 0.15) is 5.56 Å². The van der Waals surface area contributed by atoms with Crippen LogP contribution in [0.2, 0.25) is 0 Å². The molecule has 0 aliphatic rings. The second-order valence-electron chi connectivity index (χ2n) is 3.06. The van der Waals surface area contributed by atoms with E-state index in [1.807, 2.05) is 30.5 Å². The third-order valence-corrected chi connectivity index (χ3v) is 2.14. The van der Waals surface area contributed by atoms with E-state index in [0.717, 1.165) is 16.5 Å². The van der Waals surface area contributed by atoms with Crippen molar-refractivity contribution in [2.24, 2.45) is 5.90 Å². The zero-order chi connectivity index (χ0) is 10.7. The summed E-state index contributed by atoms with van der Waals surface area (Å²) < 4.78 is 0.